The Morgan fingerprint density at radius 3 is 2.59 bits per heavy atom. The summed E-state index contributed by atoms with van der Waals surface area (Å²) in [6.45, 7) is 6.13. The van der Waals surface area contributed by atoms with E-state index in [-0.39, 0.29) is 17.0 Å². The minimum absolute atomic E-state index is 0.0562. The Balaban J connectivity index is 1.74. The van der Waals surface area contributed by atoms with Crippen LogP contribution < -0.4 is 10.2 Å². The van der Waals surface area contributed by atoms with Crippen molar-refractivity contribution >= 4 is 28.3 Å². The van der Waals surface area contributed by atoms with Crippen LogP contribution in [-0.4, -0.2) is 63.8 Å². The van der Waals surface area contributed by atoms with Gasteiger partial charge in [0.05, 0.1) is 17.8 Å². The normalized spacial score (nSPS) is 19.2. The Morgan fingerprint density at radius 2 is 2.06 bits per heavy atom. The Labute approximate surface area is 186 Å². The highest BCUT2D eigenvalue weighted by Crippen LogP contribution is 2.31. The maximum Gasteiger partial charge on any atom is 0.435 e. The molecule has 13 heteroatoms. The highest BCUT2D eigenvalue weighted by atomic mass is 32.1. The third kappa shape index (κ3) is 5.04. The van der Waals surface area contributed by atoms with Crippen molar-refractivity contribution in [1.29, 1.82) is 0 Å². The van der Waals surface area contributed by atoms with Crippen LogP contribution in [0.3, 0.4) is 0 Å². The molecule has 0 bridgehead atoms. The standard InChI is InChI=1S/C19H24F3N5O4S/c1-4-10-14(19(20,21)22)26-15(24-10)16(28)25-11-6-7-27(8-12(11)31-5-2)18-23-9(3)13(32-18)17(29)30/h11-12H,4-8H2,1-3H3,(H,24,26)(H,25,28)(H,29,30). The number of aryl methyl sites for hydroxylation is 2. The number of aromatic nitrogens is 3. The van der Waals surface area contributed by atoms with Crippen molar-refractivity contribution in [3.8, 4) is 0 Å². The quantitative estimate of drug-likeness (QED) is 0.563. The molecule has 3 rings (SSSR count). The molecule has 9 nitrogen and oxygen atoms in total. The molecule has 0 aliphatic carbocycles. The molecule has 3 heterocycles. The lowest BCUT2D eigenvalue weighted by Crippen LogP contribution is -2.55. The van der Waals surface area contributed by atoms with Crippen molar-refractivity contribution in [2.45, 2.75) is 51.9 Å². The molecule has 2 aromatic heterocycles. The molecular formula is C19H24F3N5O4S. The maximum absolute atomic E-state index is 13.1. The van der Waals surface area contributed by atoms with Crippen LogP contribution in [0.2, 0.25) is 0 Å². The summed E-state index contributed by atoms with van der Waals surface area (Å²) in [5, 5.41) is 12.5. The predicted octanol–water partition coefficient (Wildman–Crippen LogP) is 2.87. The Kier molecular flexibility index (Phi) is 7.08. The number of piperidine rings is 1. The summed E-state index contributed by atoms with van der Waals surface area (Å²) in [7, 11) is 0. The van der Waals surface area contributed by atoms with Gasteiger partial charge in [-0.2, -0.15) is 13.2 Å². The summed E-state index contributed by atoms with van der Waals surface area (Å²) >= 11 is 1.07. The van der Waals surface area contributed by atoms with Gasteiger partial charge in [0.1, 0.15) is 4.88 Å². The molecule has 3 N–H and O–H groups in total. The second-order valence-corrected chi connectivity index (χ2v) is 8.27. The van der Waals surface area contributed by atoms with Crippen molar-refractivity contribution in [3.05, 3.63) is 27.8 Å². The molecule has 1 aliphatic rings. The van der Waals surface area contributed by atoms with E-state index in [9.17, 15) is 27.9 Å². The Morgan fingerprint density at radius 1 is 1.34 bits per heavy atom. The average Bonchev–Trinajstić information content (AvgIpc) is 3.33. The molecule has 1 amide bonds. The van der Waals surface area contributed by atoms with Crippen molar-refractivity contribution in [1.82, 2.24) is 20.3 Å². The smallest absolute Gasteiger partial charge is 0.435 e. The monoisotopic (exact) mass is 475 g/mol. The van der Waals surface area contributed by atoms with Crippen molar-refractivity contribution in [3.63, 3.8) is 0 Å². The number of ether oxygens (including phenoxy) is 1. The largest absolute Gasteiger partial charge is 0.477 e. The highest BCUT2D eigenvalue weighted by Gasteiger charge is 2.38. The number of carboxylic acids is 1. The van der Waals surface area contributed by atoms with Gasteiger partial charge >= 0.3 is 12.1 Å². The Bertz CT molecular complexity index is 990. The SMILES string of the molecule is CCOC1CN(c2nc(C)c(C(=O)O)s2)CCC1NC(=O)c1nc(C(F)(F)F)c(CC)[nH]1. The molecule has 0 radical (unpaired) electrons. The van der Waals surface area contributed by atoms with Gasteiger partial charge in [-0.25, -0.2) is 14.8 Å². The van der Waals surface area contributed by atoms with Crippen molar-refractivity contribution in [2.75, 3.05) is 24.6 Å². The highest BCUT2D eigenvalue weighted by molar-refractivity contribution is 7.17. The second kappa shape index (κ2) is 9.45. The number of halogens is 3. The first-order valence-corrected chi connectivity index (χ1v) is 10.9. The number of carbonyl (C=O) groups is 2. The zero-order valence-electron chi connectivity index (χ0n) is 17.7. The number of nitrogens with zero attached hydrogens (tertiary/aromatic N) is 3. The summed E-state index contributed by atoms with van der Waals surface area (Å²) < 4.78 is 45.2. The number of nitrogens with one attached hydrogen (secondary N) is 2. The zero-order chi connectivity index (χ0) is 23.6. The number of carboxylic acid groups (broad SMARTS) is 1. The van der Waals surface area contributed by atoms with Gasteiger partial charge in [-0.3, -0.25) is 4.79 Å². The van der Waals surface area contributed by atoms with Gasteiger partial charge in [0.2, 0.25) is 0 Å². The van der Waals surface area contributed by atoms with E-state index in [0.29, 0.717) is 36.9 Å². The number of aromatic carboxylic acids is 1. The molecule has 1 fully saturated rings. The van der Waals surface area contributed by atoms with Crippen molar-refractivity contribution in [2.24, 2.45) is 0 Å². The number of imidazole rings is 1. The average molecular weight is 475 g/mol. The van der Waals surface area contributed by atoms with E-state index in [1.165, 1.54) is 0 Å². The first-order valence-electron chi connectivity index (χ1n) is 10.1. The maximum atomic E-state index is 13.1. The van der Waals surface area contributed by atoms with Crippen LogP contribution in [0.5, 0.6) is 0 Å². The molecule has 176 valence electrons. The molecule has 32 heavy (non-hydrogen) atoms. The third-order valence-corrected chi connectivity index (χ3v) is 6.33. The summed E-state index contributed by atoms with van der Waals surface area (Å²) in [4.78, 5) is 36.2. The lowest BCUT2D eigenvalue weighted by Gasteiger charge is -2.38. The Hall–Kier alpha value is -2.67. The van der Waals surface area contributed by atoms with Crippen LogP contribution in [0.4, 0.5) is 18.3 Å². The summed E-state index contributed by atoms with van der Waals surface area (Å²) in [5.41, 5.74) is -0.812. The minimum atomic E-state index is -4.65. The van der Waals surface area contributed by atoms with Crippen LogP contribution >= 0.6 is 11.3 Å². The predicted molar refractivity (Wildman–Crippen MR) is 110 cm³/mol. The van der Waals surface area contributed by atoms with Crippen LogP contribution in [0.15, 0.2) is 0 Å². The molecule has 2 atom stereocenters. The van der Waals surface area contributed by atoms with E-state index in [2.05, 4.69) is 20.3 Å². The number of hydrogen-bond acceptors (Lipinski definition) is 7. The van der Waals surface area contributed by atoms with Crippen molar-refractivity contribution < 1.29 is 32.6 Å². The fraction of sp³-hybridized carbons (Fsp3) is 0.579. The van der Waals surface area contributed by atoms with Gasteiger partial charge in [-0.1, -0.05) is 18.3 Å². The van der Waals surface area contributed by atoms with Gasteiger partial charge in [-0.15, -0.1) is 0 Å². The minimum Gasteiger partial charge on any atom is -0.477 e. The number of carbonyl (C=O) groups excluding carboxylic acids is 1. The van der Waals surface area contributed by atoms with Crippen LogP contribution in [0, 0.1) is 6.92 Å². The molecule has 2 aromatic rings. The number of aromatic amines is 1. The third-order valence-electron chi connectivity index (χ3n) is 5.12. The zero-order valence-corrected chi connectivity index (χ0v) is 18.6. The number of anilines is 1. The summed E-state index contributed by atoms with van der Waals surface area (Å²) in [6.07, 6.45) is -4.62. The number of H-pyrrole nitrogens is 1. The number of hydrogen-bond donors (Lipinski definition) is 3. The van der Waals surface area contributed by atoms with Gasteiger partial charge < -0.3 is 25.0 Å². The number of amides is 1. The fourth-order valence-corrected chi connectivity index (χ4v) is 4.54. The van der Waals surface area contributed by atoms with Gasteiger partial charge in [-0.05, 0) is 26.7 Å². The van der Waals surface area contributed by atoms with E-state index >= 15 is 0 Å². The van der Waals surface area contributed by atoms with E-state index < -0.39 is 41.7 Å². The molecule has 1 aliphatic heterocycles. The van der Waals surface area contributed by atoms with Gasteiger partial charge in [0, 0.05) is 25.4 Å². The van der Waals surface area contributed by atoms with Crippen LogP contribution in [0.25, 0.3) is 0 Å². The fourth-order valence-electron chi connectivity index (χ4n) is 3.60. The van der Waals surface area contributed by atoms with E-state index in [4.69, 9.17) is 4.74 Å². The number of thiazole rings is 1. The van der Waals surface area contributed by atoms with Gasteiger partial charge in [0.15, 0.2) is 16.6 Å². The number of alkyl halides is 3. The van der Waals surface area contributed by atoms with Crippen LogP contribution in [0.1, 0.15) is 57.6 Å². The first kappa shape index (κ1) is 24.0. The molecule has 1 saturated heterocycles. The first-order chi connectivity index (χ1) is 15.0. The topological polar surface area (TPSA) is 120 Å². The lowest BCUT2D eigenvalue weighted by atomic mass is 10.0. The molecular weight excluding hydrogens is 451 g/mol. The number of rotatable bonds is 7. The second-order valence-electron chi connectivity index (χ2n) is 7.29. The van der Waals surface area contributed by atoms with E-state index in [0.717, 1.165) is 11.3 Å². The van der Waals surface area contributed by atoms with Gasteiger partial charge in [0.25, 0.3) is 5.91 Å². The van der Waals surface area contributed by atoms with E-state index in [1.807, 2.05) is 4.90 Å². The lowest BCUT2D eigenvalue weighted by molar-refractivity contribution is -0.141. The van der Waals surface area contributed by atoms with E-state index in [1.54, 1.807) is 20.8 Å². The van der Waals surface area contributed by atoms with Crippen LogP contribution in [-0.2, 0) is 17.3 Å². The molecule has 0 aromatic carbocycles. The molecule has 2 unspecified atom stereocenters. The summed E-state index contributed by atoms with van der Waals surface area (Å²) in [6, 6.07) is -0.455. The summed E-state index contributed by atoms with van der Waals surface area (Å²) in [5.74, 6) is -2.18. The molecule has 0 saturated carbocycles. The molecule has 0 spiro atoms.